The Morgan fingerprint density at radius 1 is 1.16 bits per heavy atom. The number of hydrogen-bond acceptors (Lipinski definition) is 6. The quantitative estimate of drug-likeness (QED) is 0.660. The van der Waals surface area contributed by atoms with Gasteiger partial charge in [0.2, 0.25) is 5.91 Å². The fourth-order valence-electron chi connectivity index (χ4n) is 4.12. The predicted octanol–water partition coefficient (Wildman–Crippen LogP) is 3.65. The largest absolute Gasteiger partial charge is 0.490 e. The lowest BCUT2D eigenvalue weighted by Gasteiger charge is -2.30. The number of aryl methyl sites for hydroxylation is 1. The highest BCUT2D eigenvalue weighted by molar-refractivity contribution is 7.81. The summed E-state index contributed by atoms with van der Waals surface area (Å²) < 4.78 is 6.16. The molecular weight excluding hydrogens is 422 g/mol. The number of rotatable bonds is 4. The molecule has 1 amide bonds. The second kappa shape index (κ2) is 9.63. The summed E-state index contributed by atoms with van der Waals surface area (Å²) in [5.74, 6) is 0.787. The minimum Gasteiger partial charge on any atom is -0.490 e. The number of carbonyl (C=O) groups excluding carboxylic acids is 1. The van der Waals surface area contributed by atoms with E-state index in [9.17, 15) is 4.79 Å². The number of carbonyl (C=O) groups is 1. The highest BCUT2D eigenvalue weighted by Crippen LogP contribution is 2.28. The molecule has 0 radical (unpaired) electrons. The van der Waals surface area contributed by atoms with Crippen LogP contribution in [-0.2, 0) is 4.79 Å². The molecule has 0 spiro atoms. The van der Waals surface area contributed by atoms with Gasteiger partial charge in [0.15, 0.2) is 5.11 Å². The van der Waals surface area contributed by atoms with Crippen molar-refractivity contribution in [1.29, 1.82) is 5.26 Å². The summed E-state index contributed by atoms with van der Waals surface area (Å²) in [6.45, 7) is 4.57. The van der Waals surface area contributed by atoms with Gasteiger partial charge in [0.05, 0.1) is 11.9 Å². The van der Waals surface area contributed by atoms with E-state index < -0.39 is 0 Å². The SMILES string of the molecule is Cc1cc(N2C(=O)CCCN(c3ccc(OC4CCN(C)CC4)cc3)C2=S)cnc1C#N. The maximum absolute atomic E-state index is 12.9. The maximum Gasteiger partial charge on any atom is 0.233 e. The summed E-state index contributed by atoms with van der Waals surface area (Å²) in [7, 11) is 2.14. The molecule has 2 aliphatic heterocycles. The summed E-state index contributed by atoms with van der Waals surface area (Å²) in [5, 5.41) is 9.58. The van der Waals surface area contributed by atoms with Gasteiger partial charge in [-0.15, -0.1) is 0 Å². The molecule has 0 atom stereocenters. The van der Waals surface area contributed by atoms with Crippen LogP contribution in [0.4, 0.5) is 11.4 Å². The molecule has 2 saturated heterocycles. The van der Waals surface area contributed by atoms with Gasteiger partial charge in [0, 0.05) is 31.7 Å². The Labute approximate surface area is 194 Å². The van der Waals surface area contributed by atoms with Gasteiger partial charge in [0.25, 0.3) is 0 Å². The lowest BCUT2D eigenvalue weighted by molar-refractivity contribution is -0.117. The number of benzene rings is 1. The third-order valence-corrected chi connectivity index (χ3v) is 6.39. The standard InChI is InChI=1S/C24H27N5O2S/c1-17-14-19(16-26-22(17)15-25)29-23(30)4-3-11-28(24(29)32)18-5-7-20(8-6-18)31-21-9-12-27(2)13-10-21/h5-8,14,16,21H,3-4,9-13H2,1-2H3. The van der Waals surface area contributed by atoms with Crippen molar-refractivity contribution in [3.8, 4) is 11.8 Å². The Balaban J connectivity index is 1.52. The van der Waals surface area contributed by atoms with Crippen LogP contribution in [0.15, 0.2) is 36.5 Å². The number of hydrogen-bond donors (Lipinski definition) is 0. The Hall–Kier alpha value is -3.02. The molecule has 1 aromatic carbocycles. The van der Waals surface area contributed by atoms with Gasteiger partial charge < -0.3 is 14.5 Å². The fourth-order valence-corrected chi connectivity index (χ4v) is 4.52. The molecule has 2 aliphatic rings. The number of likely N-dealkylation sites (tertiary alicyclic amines) is 1. The molecule has 32 heavy (non-hydrogen) atoms. The molecule has 7 nitrogen and oxygen atoms in total. The normalized spacial score (nSPS) is 18.4. The second-order valence-corrected chi connectivity index (χ2v) is 8.72. The van der Waals surface area contributed by atoms with Gasteiger partial charge in [-0.2, -0.15) is 5.26 Å². The third-order valence-electron chi connectivity index (χ3n) is 5.99. The van der Waals surface area contributed by atoms with Crippen LogP contribution in [0, 0.1) is 18.3 Å². The number of ether oxygens (including phenoxy) is 1. The van der Waals surface area contributed by atoms with Crippen molar-refractivity contribution in [3.05, 3.63) is 47.8 Å². The van der Waals surface area contributed by atoms with Gasteiger partial charge >= 0.3 is 0 Å². The third kappa shape index (κ3) is 4.74. The molecule has 166 valence electrons. The summed E-state index contributed by atoms with van der Waals surface area (Å²) >= 11 is 5.76. The van der Waals surface area contributed by atoms with Gasteiger partial charge in [-0.25, -0.2) is 4.98 Å². The highest BCUT2D eigenvalue weighted by Gasteiger charge is 2.29. The minimum absolute atomic E-state index is 0.0642. The van der Waals surface area contributed by atoms with Crippen LogP contribution in [0.3, 0.4) is 0 Å². The smallest absolute Gasteiger partial charge is 0.233 e. The number of aromatic nitrogens is 1. The summed E-state index contributed by atoms with van der Waals surface area (Å²) in [6, 6.07) is 11.8. The topological polar surface area (TPSA) is 72.7 Å². The van der Waals surface area contributed by atoms with Crippen LogP contribution in [0.2, 0.25) is 0 Å². The van der Waals surface area contributed by atoms with E-state index in [1.165, 1.54) is 11.1 Å². The van der Waals surface area contributed by atoms with Crippen LogP contribution in [0.5, 0.6) is 5.75 Å². The molecule has 4 rings (SSSR count). The minimum atomic E-state index is -0.0642. The molecule has 3 heterocycles. The van der Waals surface area contributed by atoms with E-state index in [0.717, 1.165) is 37.4 Å². The molecule has 8 heteroatoms. The van der Waals surface area contributed by atoms with E-state index in [2.05, 4.69) is 23.0 Å². The van der Waals surface area contributed by atoms with Crippen molar-refractivity contribution in [3.63, 3.8) is 0 Å². The maximum atomic E-state index is 12.9. The molecule has 0 unspecified atom stereocenters. The molecule has 0 saturated carbocycles. The summed E-state index contributed by atoms with van der Waals surface area (Å²) in [4.78, 5) is 22.9. The van der Waals surface area contributed by atoms with Crippen molar-refractivity contribution in [1.82, 2.24) is 9.88 Å². The number of thiocarbonyl (C=S) groups is 1. The zero-order valence-electron chi connectivity index (χ0n) is 18.5. The Bertz CT molecular complexity index is 1040. The van der Waals surface area contributed by atoms with E-state index in [0.29, 0.717) is 41.4 Å². The van der Waals surface area contributed by atoms with Crippen LogP contribution in [0.25, 0.3) is 0 Å². The molecular formula is C24H27N5O2S. The van der Waals surface area contributed by atoms with Crippen molar-refractivity contribution in [2.75, 3.05) is 36.5 Å². The van der Waals surface area contributed by atoms with Gasteiger partial charge in [0.1, 0.15) is 23.6 Å². The van der Waals surface area contributed by atoms with E-state index >= 15 is 0 Å². The van der Waals surface area contributed by atoms with Crippen LogP contribution in [-0.4, -0.2) is 53.7 Å². The first-order valence-electron chi connectivity index (χ1n) is 10.9. The van der Waals surface area contributed by atoms with E-state index in [-0.39, 0.29) is 12.0 Å². The first-order chi connectivity index (χ1) is 15.5. The number of piperidine rings is 1. The van der Waals surface area contributed by atoms with E-state index in [4.69, 9.17) is 22.2 Å². The molecule has 0 bridgehead atoms. The average molecular weight is 450 g/mol. The Morgan fingerprint density at radius 2 is 1.88 bits per heavy atom. The van der Waals surface area contributed by atoms with Crippen molar-refractivity contribution in [2.45, 2.75) is 38.7 Å². The molecule has 2 aromatic rings. The van der Waals surface area contributed by atoms with Crippen molar-refractivity contribution < 1.29 is 9.53 Å². The van der Waals surface area contributed by atoms with Crippen LogP contribution >= 0.6 is 12.2 Å². The highest BCUT2D eigenvalue weighted by atomic mass is 32.1. The Morgan fingerprint density at radius 3 is 2.53 bits per heavy atom. The zero-order chi connectivity index (χ0) is 22.7. The fraction of sp³-hybridized carbons (Fsp3) is 0.417. The Kier molecular flexibility index (Phi) is 6.68. The van der Waals surface area contributed by atoms with Gasteiger partial charge in [-0.05, 0) is 81.3 Å². The lowest BCUT2D eigenvalue weighted by Crippen LogP contribution is -2.44. The number of anilines is 2. The number of pyridine rings is 1. The predicted molar refractivity (Wildman–Crippen MR) is 128 cm³/mol. The van der Waals surface area contributed by atoms with Gasteiger partial charge in [-0.1, -0.05) is 0 Å². The van der Waals surface area contributed by atoms with E-state index in [1.807, 2.05) is 29.2 Å². The second-order valence-electron chi connectivity index (χ2n) is 8.35. The molecule has 0 N–H and O–H groups in total. The van der Waals surface area contributed by atoms with Crippen LogP contribution < -0.4 is 14.5 Å². The first kappa shape index (κ1) is 22.2. The van der Waals surface area contributed by atoms with Crippen molar-refractivity contribution >= 4 is 34.6 Å². The average Bonchev–Trinajstić information content (AvgIpc) is 2.93. The van der Waals surface area contributed by atoms with Gasteiger partial charge in [-0.3, -0.25) is 9.69 Å². The molecule has 2 fully saturated rings. The number of nitriles is 1. The van der Waals surface area contributed by atoms with Crippen molar-refractivity contribution in [2.24, 2.45) is 0 Å². The van der Waals surface area contributed by atoms with E-state index in [1.54, 1.807) is 13.0 Å². The van der Waals surface area contributed by atoms with Crippen LogP contribution in [0.1, 0.15) is 36.9 Å². The lowest BCUT2D eigenvalue weighted by atomic mass is 10.1. The number of amides is 1. The molecule has 1 aromatic heterocycles. The monoisotopic (exact) mass is 449 g/mol. The first-order valence-corrected chi connectivity index (χ1v) is 11.3. The summed E-state index contributed by atoms with van der Waals surface area (Å²) in [6.07, 6.45) is 4.95. The summed E-state index contributed by atoms with van der Waals surface area (Å²) in [5.41, 5.74) is 2.57. The number of nitrogens with zero attached hydrogens (tertiary/aromatic N) is 5. The zero-order valence-corrected chi connectivity index (χ0v) is 19.3. The molecule has 0 aliphatic carbocycles.